The molecule has 0 bridgehead atoms. The van der Waals surface area contributed by atoms with Crippen LogP contribution in [0.1, 0.15) is 22.5 Å². The Balaban J connectivity index is 0.00000162. The number of halogens is 1. The van der Waals surface area contributed by atoms with Gasteiger partial charge in [0.15, 0.2) is 5.78 Å². The quantitative estimate of drug-likeness (QED) is 0.844. The highest BCUT2D eigenvalue weighted by Crippen LogP contribution is 2.13. The molecule has 1 aromatic rings. The molecular weight excluding hydrogens is 268 g/mol. The summed E-state index contributed by atoms with van der Waals surface area (Å²) in [5.74, 6) is 0.941. The molecule has 0 aliphatic carbocycles. The van der Waals surface area contributed by atoms with E-state index in [1.54, 1.807) is 0 Å². The molecule has 1 aliphatic heterocycles. The number of piperidine rings is 1. The Morgan fingerprint density at radius 3 is 3.06 bits per heavy atom. The fourth-order valence-corrected chi connectivity index (χ4v) is 3.00. The predicted molar refractivity (Wildman–Crippen MR) is 79.0 cm³/mol. The Morgan fingerprint density at radius 2 is 2.44 bits per heavy atom. The normalized spacial score (nSPS) is 19.6. The second-order valence-corrected chi connectivity index (χ2v) is 5.76. The largest absolute Gasteiger partial charge is 0.316 e. The van der Waals surface area contributed by atoms with Crippen LogP contribution in [0.5, 0.6) is 0 Å². The number of rotatable bonds is 5. The Labute approximate surface area is 119 Å². The van der Waals surface area contributed by atoms with Crippen LogP contribution >= 0.6 is 23.7 Å². The minimum atomic E-state index is 0. The van der Waals surface area contributed by atoms with Gasteiger partial charge >= 0.3 is 0 Å². The summed E-state index contributed by atoms with van der Waals surface area (Å²) in [5.41, 5.74) is 0. The maximum atomic E-state index is 11.9. The topological polar surface area (TPSA) is 32.3 Å². The number of hydrogen-bond acceptors (Lipinski definition) is 4. The van der Waals surface area contributed by atoms with Crippen LogP contribution < -0.4 is 5.32 Å². The highest BCUT2D eigenvalue weighted by atomic mass is 35.5. The monoisotopic (exact) mass is 288 g/mol. The molecule has 0 spiro atoms. The van der Waals surface area contributed by atoms with Gasteiger partial charge in [-0.15, -0.1) is 23.7 Å². The molecule has 1 fully saturated rings. The molecule has 2 heterocycles. The summed E-state index contributed by atoms with van der Waals surface area (Å²) < 4.78 is 0. The van der Waals surface area contributed by atoms with Crippen molar-refractivity contribution < 1.29 is 4.79 Å². The number of ketones is 1. The van der Waals surface area contributed by atoms with Gasteiger partial charge in [-0.2, -0.15) is 0 Å². The molecule has 102 valence electrons. The van der Waals surface area contributed by atoms with Gasteiger partial charge < -0.3 is 5.32 Å². The molecule has 0 aromatic carbocycles. The summed E-state index contributed by atoms with van der Waals surface area (Å²) >= 11 is 1.53. The van der Waals surface area contributed by atoms with Crippen molar-refractivity contribution in [3.63, 3.8) is 0 Å². The van der Waals surface area contributed by atoms with Gasteiger partial charge in [0.05, 0.1) is 11.4 Å². The molecule has 3 nitrogen and oxygen atoms in total. The van der Waals surface area contributed by atoms with E-state index < -0.39 is 0 Å². The lowest BCUT2D eigenvalue weighted by molar-refractivity contribution is 0.0938. The minimum absolute atomic E-state index is 0. The van der Waals surface area contributed by atoms with Crippen LogP contribution in [0.25, 0.3) is 0 Å². The Kier molecular flexibility index (Phi) is 6.86. The van der Waals surface area contributed by atoms with E-state index in [-0.39, 0.29) is 18.2 Å². The van der Waals surface area contributed by atoms with Crippen LogP contribution in [0, 0.1) is 5.92 Å². The van der Waals surface area contributed by atoms with Crippen LogP contribution in [0.4, 0.5) is 0 Å². The lowest BCUT2D eigenvalue weighted by atomic mass is 9.99. The molecule has 1 saturated heterocycles. The van der Waals surface area contributed by atoms with Crippen LogP contribution in [0.15, 0.2) is 17.5 Å². The van der Waals surface area contributed by atoms with E-state index in [0.717, 1.165) is 24.5 Å². The fraction of sp³-hybridized carbons (Fsp3) is 0.615. The third-order valence-corrected chi connectivity index (χ3v) is 4.09. The van der Waals surface area contributed by atoms with Gasteiger partial charge in [-0.25, -0.2) is 0 Å². The smallest absolute Gasteiger partial charge is 0.186 e. The Bertz CT molecular complexity index is 350. The van der Waals surface area contributed by atoms with Gasteiger partial charge in [-0.3, -0.25) is 9.69 Å². The number of Topliss-reactive ketones (excluding diaryl/α,β-unsaturated/α-hetero) is 1. The molecule has 2 rings (SSSR count). The van der Waals surface area contributed by atoms with Gasteiger partial charge in [-0.1, -0.05) is 6.07 Å². The maximum absolute atomic E-state index is 11.9. The highest BCUT2D eigenvalue weighted by Gasteiger charge is 2.17. The number of carbonyl (C=O) groups excluding carboxylic acids is 1. The van der Waals surface area contributed by atoms with Crippen molar-refractivity contribution in [2.24, 2.45) is 5.92 Å². The van der Waals surface area contributed by atoms with Crippen molar-refractivity contribution in [2.75, 3.05) is 33.2 Å². The Morgan fingerprint density at radius 1 is 1.61 bits per heavy atom. The SMILES string of the molecule is CN(CC(=O)c1cccs1)CC1CCCNC1.Cl. The molecule has 1 aliphatic rings. The molecule has 1 atom stereocenters. The second-order valence-electron chi connectivity index (χ2n) is 4.81. The van der Waals surface area contributed by atoms with E-state index in [1.165, 1.54) is 24.2 Å². The molecule has 0 saturated carbocycles. The van der Waals surface area contributed by atoms with E-state index in [9.17, 15) is 4.79 Å². The van der Waals surface area contributed by atoms with Gasteiger partial charge in [-0.05, 0) is 50.3 Å². The number of nitrogens with one attached hydrogen (secondary N) is 1. The molecule has 1 unspecified atom stereocenters. The standard InChI is InChI=1S/C13H20N2OS.ClH/c1-15(9-11-4-2-6-14-8-11)10-12(16)13-5-3-7-17-13;/h3,5,7,11,14H,2,4,6,8-10H2,1H3;1H. The summed E-state index contributed by atoms with van der Waals surface area (Å²) in [6.45, 7) is 3.80. The lowest BCUT2D eigenvalue weighted by Gasteiger charge is -2.27. The van der Waals surface area contributed by atoms with Gasteiger partial charge in [0, 0.05) is 6.54 Å². The van der Waals surface area contributed by atoms with Crippen molar-refractivity contribution >= 4 is 29.5 Å². The summed E-state index contributed by atoms with van der Waals surface area (Å²) in [7, 11) is 2.04. The average Bonchev–Trinajstić information content (AvgIpc) is 2.83. The van der Waals surface area contributed by atoms with Crippen molar-refractivity contribution in [1.82, 2.24) is 10.2 Å². The number of likely N-dealkylation sites (N-methyl/N-ethyl adjacent to an activating group) is 1. The van der Waals surface area contributed by atoms with Crippen LogP contribution in [-0.2, 0) is 0 Å². The van der Waals surface area contributed by atoms with E-state index in [4.69, 9.17) is 0 Å². The van der Waals surface area contributed by atoms with Gasteiger partial charge in [0.1, 0.15) is 0 Å². The fourth-order valence-electron chi connectivity index (χ4n) is 2.35. The van der Waals surface area contributed by atoms with E-state index in [0.29, 0.717) is 12.5 Å². The summed E-state index contributed by atoms with van der Waals surface area (Å²) in [6, 6.07) is 3.84. The van der Waals surface area contributed by atoms with Crippen LogP contribution in [0.2, 0.25) is 0 Å². The van der Waals surface area contributed by atoms with E-state index >= 15 is 0 Å². The summed E-state index contributed by atoms with van der Waals surface area (Å²) in [5, 5.41) is 5.37. The first-order valence-corrected chi connectivity index (χ1v) is 7.09. The number of thiophene rings is 1. The molecule has 18 heavy (non-hydrogen) atoms. The molecule has 1 N–H and O–H groups in total. The van der Waals surface area contributed by atoms with Crippen molar-refractivity contribution in [1.29, 1.82) is 0 Å². The highest BCUT2D eigenvalue weighted by molar-refractivity contribution is 7.12. The third kappa shape index (κ3) is 4.69. The van der Waals surface area contributed by atoms with Crippen LogP contribution in [-0.4, -0.2) is 43.9 Å². The third-order valence-electron chi connectivity index (χ3n) is 3.18. The number of carbonyl (C=O) groups is 1. The summed E-state index contributed by atoms with van der Waals surface area (Å²) in [4.78, 5) is 14.9. The molecule has 5 heteroatoms. The number of nitrogens with zero attached hydrogens (tertiary/aromatic N) is 1. The average molecular weight is 289 g/mol. The van der Waals surface area contributed by atoms with E-state index in [1.807, 2.05) is 24.6 Å². The zero-order valence-electron chi connectivity index (χ0n) is 10.7. The molecule has 0 amide bonds. The first-order valence-electron chi connectivity index (χ1n) is 6.21. The zero-order chi connectivity index (χ0) is 12.1. The molecule has 1 aromatic heterocycles. The number of hydrogen-bond donors (Lipinski definition) is 1. The minimum Gasteiger partial charge on any atom is -0.316 e. The first-order chi connectivity index (χ1) is 8.25. The second kappa shape index (κ2) is 7.89. The summed E-state index contributed by atoms with van der Waals surface area (Å²) in [6.07, 6.45) is 2.54. The lowest BCUT2D eigenvalue weighted by Crippen LogP contribution is -2.38. The van der Waals surface area contributed by atoms with Crippen molar-refractivity contribution in [3.8, 4) is 0 Å². The van der Waals surface area contributed by atoms with Gasteiger partial charge in [0.25, 0.3) is 0 Å². The van der Waals surface area contributed by atoms with Crippen molar-refractivity contribution in [3.05, 3.63) is 22.4 Å². The predicted octanol–water partition coefficient (Wildman–Crippen LogP) is 2.28. The zero-order valence-corrected chi connectivity index (χ0v) is 12.4. The molecule has 0 radical (unpaired) electrons. The molecular formula is C13H21ClN2OS. The maximum Gasteiger partial charge on any atom is 0.186 e. The van der Waals surface area contributed by atoms with Crippen molar-refractivity contribution in [2.45, 2.75) is 12.8 Å². The van der Waals surface area contributed by atoms with Crippen LogP contribution in [0.3, 0.4) is 0 Å². The Hall–Kier alpha value is -0.420. The first kappa shape index (κ1) is 15.6. The van der Waals surface area contributed by atoms with E-state index in [2.05, 4.69) is 10.2 Å². The van der Waals surface area contributed by atoms with Gasteiger partial charge in [0.2, 0.25) is 0 Å².